The summed E-state index contributed by atoms with van der Waals surface area (Å²) >= 11 is 0. The Labute approximate surface area is 91.0 Å². The van der Waals surface area contributed by atoms with Gasteiger partial charge in [0.25, 0.3) is 0 Å². The molecule has 0 saturated carbocycles. The van der Waals surface area contributed by atoms with Crippen LogP contribution in [0, 0.1) is 6.92 Å². The first kappa shape index (κ1) is 11.9. The third kappa shape index (κ3) is 2.65. The number of rotatable bonds is 4. The molecule has 84 valence electrons. The fraction of sp³-hybridized carbons (Fsp3) is 0.636. The highest BCUT2D eigenvalue weighted by Crippen LogP contribution is 2.13. The Balaban J connectivity index is 3.00. The van der Waals surface area contributed by atoms with Crippen molar-refractivity contribution in [1.82, 2.24) is 9.97 Å². The second-order valence-corrected chi connectivity index (χ2v) is 3.82. The van der Waals surface area contributed by atoms with Crippen molar-refractivity contribution in [2.45, 2.75) is 40.3 Å². The van der Waals surface area contributed by atoms with Crippen molar-refractivity contribution in [3.05, 3.63) is 17.5 Å². The largest absolute Gasteiger partial charge is 0.392 e. The second kappa shape index (κ2) is 5.07. The monoisotopic (exact) mass is 209 g/mol. The van der Waals surface area contributed by atoms with Crippen LogP contribution in [0.25, 0.3) is 0 Å². The van der Waals surface area contributed by atoms with E-state index in [4.69, 9.17) is 5.11 Å². The molecular weight excluding hydrogens is 190 g/mol. The summed E-state index contributed by atoms with van der Waals surface area (Å²) < 4.78 is 0. The van der Waals surface area contributed by atoms with E-state index in [1.54, 1.807) is 6.20 Å². The molecule has 0 amide bonds. The highest BCUT2D eigenvalue weighted by molar-refractivity contribution is 5.33. The minimum atomic E-state index is -0.0000824. The van der Waals surface area contributed by atoms with E-state index in [2.05, 4.69) is 35.6 Å². The lowest BCUT2D eigenvalue weighted by atomic mass is 10.2. The highest BCUT2D eigenvalue weighted by Gasteiger charge is 2.12. The summed E-state index contributed by atoms with van der Waals surface area (Å²) in [5.41, 5.74) is 1.64. The molecule has 0 fully saturated rings. The number of aliphatic hydroxyl groups is 1. The van der Waals surface area contributed by atoms with Crippen LogP contribution in [0.5, 0.6) is 0 Å². The lowest BCUT2D eigenvalue weighted by molar-refractivity contribution is 0.280. The van der Waals surface area contributed by atoms with Crippen molar-refractivity contribution in [3.8, 4) is 0 Å². The number of aryl methyl sites for hydroxylation is 1. The van der Waals surface area contributed by atoms with Crippen molar-refractivity contribution in [2.24, 2.45) is 0 Å². The predicted octanol–water partition coefficient (Wildman–Crippen LogP) is 1.51. The summed E-state index contributed by atoms with van der Waals surface area (Å²) in [4.78, 5) is 10.8. The minimum Gasteiger partial charge on any atom is -0.392 e. The predicted molar refractivity (Wildman–Crippen MR) is 60.8 cm³/mol. The minimum absolute atomic E-state index is 0.0000824. The van der Waals surface area contributed by atoms with Crippen molar-refractivity contribution >= 4 is 5.95 Å². The molecule has 15 heavy (non-hydrogen) atoms. The van der Waals surface area contributed by atoms with Crippen molar-refractivity contribution in [1.29, 1.82) is 0 Å². The van der Waals surface area contributed by atoms with Gasteiger partial charge < -0.3 is 10.0 Å². The number of nitrogens with zero attached hydrogens (tertiary/aromatic N) is 3. The zero-order chi connectivity index (χ0) is 11.4. The first-order chi connectivity index (χ1) is 7.10. The van der Waals surface area contributed by atoms with E-state index in [1.807, 2.05) is 6.92 Å². The van der Waals surface area contributed by atoms with E-state index in [0.29, 0.717) is 6.04 Å². The van der Waals surface area contributed by atoms with Crippen LogP contribution in [0.2, 0.25) is 0 Å². The molecular formula is C11H19N3O. The molecule has 0 bridgehead atoms. The van der Waals surface area contributed by atoms with Crippen molar-refractivity contribution < 1.29 is 5.11 Å². The molecule has 0 spiro atoms. The van der Waals surface area contributed by atoms with Gasteiger partial charge in [0.2, 0.25) is 5.95 Å². The molecule has 1 heterocycles. The van der Waals surface area contributed by atoms with Gasteiger partial charge in [-0.1, -0.05) is 0 Å². The average Bonchev–Trinajstić information content (AvgIpc) is 2.18. The van der Waals surface area contributed by atoms with Crippen molar-refractivity contribution in [3.63, 3.8) is 0 Å². The van der Waals surface area contributed by atoms with Gasteiger partial charge in [0.15, 0.2) is 0 Å². The maximum absolute atomic E-state index is 9.02. The van der Waals surface area contributed by atoms with E-state index >= 15 is 0 Å². The van der Waals surface area contributed by atoms with Gasteiger partial charge in [-0.05, 0) is 27.7 Å². The molecule has 1 aromatic rings. The summed E-state index contributed by atoms with van der Waals surface area (Å²) in [7, 11) is 0. The van der Waals surface area contributed by atoms with Crippen LogP contribution in [0.4, 0.5) is 5.95 Å². The Hall–Kier alpha value is -1.16. The van der Waals surface area contributed by atoms with E-state index in [1.165, 1.54) is 0 Å². The lowest BCUT2D eigenvalue weighted by Crippen LogP contribution is -2.32. The van der Waals surface area contributed by atoms with Crippen molar-refractivity contribution in [2.75, 3.05) is 11.4 Å². The summed E-state index contributed by atoms with van der Waals surface area (Å²) in [6.07, 6.45) is 1.70. The third-order valence-corrected chi connectivity index (χ3v) is 2.46. The summed E-state index contributed by atoms with van der Waals surface area (Å²) in [6.45, 7) is 9.09. The van der Waals surface area contributed by atoms with E-state index in [0.717, 1.165) is 23.8 Å². The van der Waals surface area contributed by atoms with Gasteiger partial charge in [0.05, 0.1) is 6.61 Å². The van der Waals surface area contributed by atoms with Gasteiger partial charge >= 0.3 is 0 Å². The fourth-order valence-electron chi connectivity index (χ4n) is 1.51. The van der Waals surface area contributed by atoms with Crippen LogP contribution in [-0.2, 0) is 6.61 Å². The first-order valence-corrected chi connectivity index (χ1v) is 5.30. The molecule has 1 N–H and O–H groups in total. The van der Waals surface area contributed by atoms with Gasteiger partial charge in [-0.3, -0.25) is 0 Å². The fourth-order valence-corrected chi connectivity index (χ4v) is 1.51. The molecule has 0 aliphatic heterocycles. The van der Waals surface area contributed by atoms with E-state index in [9.17, 15) is 0 Å². The summed E-state index contributed by atoms with van der Waals surface area (Å²) in [5.74, 6) is 0.738. The van der Waals surface area contributed by atoms with Crippen LogP contribution in [-0.4, -0.2) is 27.7 Å². The first-order valence-electron chi connectivity index (χ1n) is 5.30. The smallest absolute Gasteiger partial charge is 0.225 e. The Kier molecular flexibility index (Phi) is 4.03. The summed E-state index contributed by atoms with van der Waals surface area (Å²) in [6, 6.07) is 0.384. The highest BCUT2D eigenvalue weighted by atomic mass is 16.3. The molecule has 0 aliphatic rings. The Bertz CT molecular complexity index is 326. The van der Waals surface area contributed by atoms with E-state index in [-0.39, 0.29) is 6.61 Å². The van der Waals surface area contributed by atoms with Crippen LogP contribution in [0.15, 0.2) is 6.20 Å². The number of anilines is 1. The Morgan fingerprint density at radius 3 is 2.53 bits per heavy atom. The third-order valence-electron chi connectivity index (χ3n) is 2.46. The number of aliphatic hydroxyl groups excluding tert-OH is 1. The quantitative estimate of drug-likeness (QED) is 0.816. The van der Waals surface area contributed by atoms with Crippen LogP contribution in [0.1, 0.15) is 32.0 Å². The molecule has 0 atom stereocenters. The molecule has 0 aliphatic carbocycles. The van der Waals surface area contributed by atoms with Crippen LogP contribution < -0.4 is 4.90 Å². The maximum atomic E-state index is 9.02. The van der Waals surface area contributed by atoms with Gasteiger partial charge in [0, 0.05) is 30.0 Å². The Morgan fingerprint density at radius 1 is 1.47 bits per heavy atom. The zero-order valence-electron chi connectivity index (χ0n) is 9.86. The number of aromatic nitrogens is 2. The van der Waals surface area contributed by atoms with Gasteiger partial charge in [-0.25, -0.2) is 9.97 Å². The van der Waals surface area contributed by atoms with Gasteiger partial charge in [0.1, 0.15) is 0 Å². The zero-order valence-corrected chi connectivity index (χ0v) is 9.86. The average molecular weight is 209 g/mol. The van der Waals surface area contributed by atoms with Crippen LogP contribution in [0.3, 0.4) is 0 Å². The van der Waals surface area contributed by atoms with E-state index < -0.39 is 0 Å². The lowest BCUT2D eigenvalue weighted by Gasteiger charge is -2.25. The SMILES string of the molecule is CCN(c1ncc(CO)c(C)n1)C(C)C. The molecule has 0 saturated heterocycles. The molecule has 1 rings (SSSR count). The topological polar surface area (TPSA) is 49.2 Å². The molecule has 0 radical (unpaired) electrons. The Morgan fingerprint density at radius 2 is 2.13 bits per heavy atom. The number of hydrogen-bond acceptors (Lipinski definition) is 4. The van der Waals surface area contributed by atoms with Crippen LogP contribution >= 0.6 is 0 Å². The molecule has 4 heteroatoms. The standard InChI is InChI=1S/C11H19N3O/c1-5-14(8(2)3)11-12-6-10(7-15)9(4)13-11/h6,8,15H,5,7H2,1-4H3. The maximum Gasteiger partial charge on any atom is 0.225 e. The molecule has 1 aromatic heterocycles. The van der Waals surface area contributed by atoms with Gasteiger partial charge in [-0.2, -0.15) is 0 Å². The summed E-state index contributed by atoms with van der Waals surface area (Å²) in [5, 5.41) is 9.02. The van der Waals surface area contributed by atoms with Gasteiger partial charge in [-0.15, -0.1) is 0 Å². The molecule has 4 nitrogen and oxygen atoms in total. The normalized spacial score (nSPS) is 10.8. The second-order valence-electron chi connectivity index (χ2n) is 3.82. The number of hydrogen-bond donors (Lipinski definition) is 1. The molecule has 0 aromatic carbocycles. The molecule has 0 unspecified atom stereocenters.